The molecule has 1 fully saturated rings. The van der Waals surface area contributed by atoms with Crippen molar-refractivity contribution in [3.63, 3.8) is 0 Å². The molecule has 34 heavy (non-hydrogen) atoms. The minimum absolute atomic E-state index is 0.0119. The Hall–Kier alpha value is -3.17. The van der Waals surface area contributed by atoms with Gasteiger partial charge < -0.3 is 4.74 Å². The summed E-state index contributed by atoms with van der Waals surface area (Å²) in [6.45, 7) is 4.03. The maximum Gasteiger partial charge on any atom is 0.127 e. The summed E-state index contributed by atoms with van der Waals surface area (Å²) in [5.41, 5.74) is 3.47. The molecule has 4 aromatic carbocycles. The van der Waals surface area contributed by atoms with E-state index < -0.39 is 0 Å². The molecule has 3 heteroatoms. The molecule has 0 radical (unpaired) electrons. The van der Waals surface area contributed by atoms with E-state index in [1.807, 2.05) is 18.2 Å². The predicted octanol–water partition coefficient (Wildman–Crippen LogP) is 7.41. The number of hydrogen-bond acceptors (Lipinski definition) is 2. The van der Waals surface area contributed by atoms with Crippen molar-refractivity contribution in [2.75, 3.05) is 26.2 Å². The van der Waals surface area contributed by atoms with Gasteiger partial charge in [-0.3, -0.25) is 4.90 Å². The molecule has 1 atom stereocenters. The molecule has 1 saturated heterocycles. The molecular formula is C31H32FNO. The topological polar surface area (TPSA) is 12.5 Å². The quantitative estimate of drug-likeness (QED) is 0.270. The van der Waals surface area contributed by atoms with E-state index in [2.05, 4.69) is 65.6 Å². The van der Waals surface area contributed by atoms with E-state index in [4.69, 9.17) is 4.74 Å². The van der Waals surface area contributed by atoms with Gasteiger partial charge in [-0.05, 0) is 66.2 Å². The lowest BCUT2D eigenvalue weighted by Crippen LogP contribution is -2.29. The number of halogens is 1. The highest BCUT2D eigenvalue weighted by molar-refractivity contribution is 5.92. The number of fused-ring (bicyclic) bond motifs is 1. The van der Waals surface area contributed by atoms with Crippen LogP contribution in [0.15, 0.2) is 91.0 Å². The Morgan fingerprint density at radius 2 is 1.32 bits per heavy atom. The van der Waals surface area contributed by atoms with Crippen molar-refractivity contribution < 1.29 is 9.13 Å². The Morgan fingerprint density at radius 3 is 2.06 bits per heavy atom. The highest BCUT2D eigenvalue weighted by atomic mass is 19.1. The molecule has 174 valence electrons. The Kier molecular flexibility index (Phi) is 7.21. The smallest absolute Gasteiger partial charge is 0.127 e. The number of hydrogen-bond donors (Lipinski definition) is 0. The van der Waals surface area contributed by atoms with Gasteiger partial charge >= 0.3 is 0 Å². The van der Waals surface area contributed by atoms with Gasteiger partial charge in [-0.2, -0.15) is 0 Å². The largest absolute Gasteiger partial charge is 0.492 e. The summed E-state index contributed by atoms with van der Waals surface area (Å²) in [6.07, 6.45) is 5.28. The average molecular weight is 454 g/mol. The van der Waals surface area contributed by atoms with Gasteiger partial charge in [-0.15, -0.1) is 0 Å². The molecule has 0 aliphatic carbocycles. The van der Waals surface area contributed by atoms with Crippen LogP contribution >= 0.6 is 0 Å². The van der Waals surface area contributed by atoms with Crippen LogP contribution < -0.4 is 4.74 Å². The molecule has 0 spiro atoms. The van der Waals surface area contributed by atoms with Gasteiger partial charge in [-0.25, -0.2) is 4.39 Å². The monoisotopic (exact) mass is 453 g/mol. The number of nitrogens with zero attached hydrogens (tertiary/aromatic N) is 1. The van der Waals surface area contributed by atoms with E-state index in [1.165, 1.54) is 55.3 Å². The van der Waals surface area contributed by atoms with Gasteiger partial charge in [0.15, 0.2) is 0 Å². The van der Waals surface area contributed by atoms with Crippen LogP contribution in [0.2, 0.25) is 0 Å². The Morgan fingerprint density at radius 1 is 0.676 bits per heavy atom. The zero-order valence-corrected chi connectivity index (χ0v) is 19.6. The Labute approximate surface area is 202 Å². The molecule has 0 amide bonds. The van der Waals surface area contributed by atoms with Gasteiger partial charge in [-0.1, -0.05) is 85.6 Å². The maximum atomic E-state index is 13.7. The maximum absolute atomic E-state index is 13.7. The van der Waals surface area contributed by atoms with Crippen molar-refractivity contribution in [2.45, 2.75) is 31.6 Å². The fourth-order valence-corrected chi connectivity index (χ4v) is 5.17. The third-order valence-corrected chi connectivity index (χ3v) is 6.93. The fourth-order valence-electron chi connectivity index (χ4n) is 5.17. The van der Waals surface area contributed by atoms with E-state index in [9.17, 15) is 4.39 Å². The van der Waals surface area contributed by atoms with Gasteiger partial charge in [0, 0.05) is 17.8 Å². The second-order valence-corrected chi connectivity index (χ2v) is 9.20. The molecule has 4 aromatic rings. The standard InChI is InChI=1S/C31H32FNO/c32-26-16-14-25(15-17-26)31(24-10-4-3-5-11-24)29-18-19-30(28-13-7-6-12-27(28)29)34-23-22-33-20-8-1-2-9-21-33/h3-7,10-19,31H,1-2,8-9,20-23H2/t31-/m1/s1. The highest BCUT2D eigenvalue weighted by Crippen LogP contribution is 2.39. The summed E-state index contributed by atoms with van der Waals surface area (Å²) in [5.74, 6) is 0.728. The molecule has 5 rings (SSSR count). The molecule has 0 N–H and O–H groups in total. The summed E-state index contributed by atoms with van der Waals surface area (Å²) < 4.78 is 20.0. The molecule has 1 aliphatic heterocycles. The van der Waals surface area contributed by atoms with Crippen LogP contribution in [0.25, 0.3) is 10.8 Å². The summed E-state index contributed by atoms with van der Waals surface area (Å²) in [6, 6.07) is 30.1. The summed E-state index contributed by atoms with van der Waals surface area (Å²) in [4.78, 5) is 2.53. The lowest BCUT2D eigenvalue weighted by Gasteiger charge is -2.23. The normalized spacial score (nSPS) is 15.7. The predicted molar refractivity (Wildman–Crippen MR) is 138 cm³/mol. The number of likely N-dealkylation sites (tertiary alicyclic amines) is 1. The Bertz CT molecular complexity index is 1200. The van der Waals surface area contributed by atoms with E-state index in [0.29, 0.717) is 6.61 Å². The highest BCUT2D eigenvalue weighted by Gasteiger charge is 2.20. The molecular weight excluding hydrogens is 421 g/mol. The van der Waals surface area contributed by atoms with Crippen LogP contribution in [-0.4, -0.2) is 31.1 Å². The average Bonchev–Trinajstić information content (AvgIpc) is 3.16. The van der Waals surface area contributed by atoms with Crippen molar-refractivity contribution in [1.82, 2.24) is 4.90 Å². The van der Waals surface area contributed by atoms with Crippen LogP contribution in [0.1, 0.15) is 48.3 Å². The van der Waals surface area contributed by atoms with E-state index in [0.717, 1.165) is 23.2 Å². The number of benzene rings is 4. The molecule has 2 nitrogen and oxygen atoms in total. The lowest BCUT2D eigenvalue weighted by molar-refractivity contribution is 0.215. The van der Waals surface area contributed by atoms with Crippen molar-refractivity contribution in [1.29, 1.82) is 0 Å². The van der Waals surface area contributed by atoms with Crippen molar-refractivity contribution in [3.8, 4) is 5.75 Å². The fraction of sp³-hybridized carbons (Fsp3) is 0.290. The molecule has 0 saturated carbocycles. The first kappa shape index (κ1) is 22.6. The molecule has 1 heterocycles. The van der Waals surface area contributed by atoms with Crippen LogP contribution in [0.5, 0.6) is 5.75 Å². The second-order valence-electron chi connectivity index (χ2n) is 9.20. The van der Waals surface area contributed by atoms with Crippen LogP contribution in [-0.2, 0) is 0 Å². The first-order valence-electron chi connectivity index (χ1n) is 12.5. The third kappa shape index (κ3) is 5.15. The first-order chi connectivity index (χ1) is 16.8. The molecule has 0 bridgehead atoms. The SMILES string of the molecule is Fc1ccc([C@@H](c2ccccc2)c2ccc(OCCN3CCCCCC3)c3ccccc23)cc1. The summed E-state index contributed by atoms with van der Waals surface area (Å²) in [5, 5.41) is 2.30. The van der Waals surface area contributed by atoms with Gasteiger partial charge in [0.2, 0.25) is 0 Å². The zero-order chi connectivity index (χ0) is 23.2. The number of rotatable bonds is 7. The van der Waals surface area contributed by atoms with Gasteiger partial charge in [0.05, 0.1) is 0 Å². The van der Waals surface area contributed by atoms with Crippen LogP contribution in [0, 0.1) is 5.82 Å². The van der Waals surface area contributed by atoms with Crippen molar-refractivity contribution in [2.24, 2.45) is 0 Å². The second kappa shape index (κ2) is 10.8. The van der Waals surface area contributed by atoms with Gasteiger partial charge in [0.25, 0.3) is 0 Å². The first-order valence-corrected chi connectivity index (χ1v) is 12.5. The number of ether oxygens (including phenoxy) is 1. The summed E-state index contributed by atoms with van der Waals surface area (Å²) >= 11 is 0. The minimum atomic E-state index is -0.214. The van der Waals surface area contributed by atoms with Crippen LogP contribution in [0.4, 0.5) is 4.39 Å². The lowest BCUT2D eigenvalue weighted by atomic mass is 9.82. The van der Waals surface area contributed by atoms with E-state index in [1.54, 1.807) is 12.1 Å². The van der Waals surface area contributed by atoms with Gasteiger partial charge in [0.1, 0.15) is 18.2 Å². The van der Waals surface area contributed by atoms with Crippen LogP contribution in [0.3, 0.4) is 0 Å². The van der Waals surface area contributed by atoms with Crippen molar-refractivity contribution in [3.05, 3.63) is 114 Å². The third-order valence-electron chi connectivity index (χ3n) is 6.93. The van der Waals surface area contributed by atoms with Crippen molar-refractivity contribution >= 4 is 10.8 Å². The molecule has 0 unspecified atom stereocenters. The van der Waals surface area contributed by atoms with E-state index >= 15 is 0 Å². The Balaban J connectivity index is 1.47. The molecule has 1 aliphatic rings. The molecule has 0 aromatic heterocycles. The summed E-state index contributed by atoms with van der Waals surface area (Å²) in [7, 11) is 0. The van der Waals surface area contributed by atoms with E-state index in [-0.39, 0.29) is 11.7 Å². The zero-order valence-electron chi connectivity index (χ0n) is 19.6. The minimum Gasteiger partial charge on any atom is -0.492 e.